The Hall–Kier alpha value is -1.60. The van der Waals surface area contributed by atoms with Crippen molar-refractivity contribution in [3.63, 3.8) is 0 Å². The number of benzene rings is 2. The number of rotatable bonds is 5. The highest BCUT2D eigenvalue weighted by Gasteiger charge is 2.04. The van der Waals surface area contributed by atoms with Crippen molar-refractivity contribution in [2.75, 3.05) is 16.3 Å². The standard InChI is InChI=1S/C14H14BrFN2O2S/c1-21(19,20)18-13-4-2-3-12(8-13)17-9-10-5-6-11(16)7-14(10)15/h2-8,17-18H,9H2,1H3. The van der Waals surface area contributed by atoms with E-state index in [0.29, 0.717) is 16.7 Å². The maximum absolute atomic E-state index is 13.0. The van der Waals surface area contributed by atoms with E-state index in [9.17, 15) is 12.8 Å². The first-order chi connectivity index (χ1) is 9.83. The van der Waals surface area contributed by atoms with Gasteiger partial charge >= 0.3 is 0 Å². The number of hydrogen-bond donors (Lipinski definition) is 2. The first kappa shape index (κ1) is 15.8. The van der Waals surface area contributed by atoms with Crippen LogP contribution in [0.5, 0.6) is 0 Å². The lowest BCUT2D eigenvalue weighted by Crippen LogP contribution is -2.09. The molecule has 112 valence electrons. The number of nitrogens with one attached hydrogen (secondary N) is 2. The van der Waals surface area contributed by atoms with Crippen LogP contribution in [0.1, 0.15) is 5.56 Å². The molecule has 4 nitrogen and oxygen atoms in total. The van der Waals surface area contributed by atoms with Crippen LogP contribution in [0.2, 0.25) is 0 Å². The van der Waals surface area contributed by atoms with E-state index in [2.05, 4.69) is 26.0 Å². The molecule has 2 N–H and O–H groups in total. The highest BCUT2D eigenvalue weighted by Crippen LogP contribution is 2.21. The van der Waals surface area contributed by atoms with E-state index in [1.165, 1.54) is 12.1 Å². The van der Waals surface area contributed by atoms with Crippen molar-refractivity contribution < 1.29 is 12.8 Å². The van der Waals surface area contributed by atoms with Crippen LogP contribution in [0.3, 0.4) is 0 Å². The lowest BCUT2D eigenvalue weighted by Gasteiger charge is -2.10. The Labute approximate surface area is 131 Å². The Balaban J connectivity index is 2.08. The van der Waals surface area contributed by atoms with Gasteiger partial charge in [0.2, 0.25) is 10.0 Å². The fraction of sp³-hybridized carbons (Fsp3) is 0.143. The monoisotopic (exact) mass is 372 g/mol. The zero-order chi connectivity index (χ0) is 15.5. The summed E-state index contributed by atoms with van der Waals surface area (Å²) in [4.78, 5) is 0. The van der Waals surface area contributed by atoms with Crippen molar-refractivity contribution in [1.82, 2.24) is 0 Å². The summed E-state index contributed by atoms with van der Waals surface area (Å²) in [5.74, 6) is -0.301. The predicted octanol–water partition coefficient (Wildman–Crippen LogP) is 3.57. The Kier molecular flexibility index (Phi) is 4.84. The SMILES string of the molecule is CS(=O)(=O)Nc1cccc(NCc2ccc(F)cc2Br)c1. The molecule has 0 aromatic heterocycles. The van der Waals surface area contributed by atoms with Crippen LogP contribution < -0.4 is 10.0 Å². The molecule has 7 heteroatoms. The van der Waals surface area contributed by atoms with Crippen molar-refractivity contribution in [3.05, 3.63) is 58.3 Å². The molecule has 2 rings (SSSR count). The van der Waals surface area contributed by atoms with Gasteiger partial charge in [-0.3, -0.25) is 4.72 Å². The molecule has 0 aliphatic rings. The predicted molar refractivity (Wildman–Crippen MR) is 86.3 cm³/mol. The van der Waals surface area contributed by atoms with Crippen LogP contribution in [0, 0.1) is 5.82 Å². The third-order valence-electron chi connectivity index (χ3n) is 2.66. The molecule has 0 spiro atoms. The Morgan fingerprint density at radius 1 is 1.14 bits per heavy atom. The second kappa shape index (κ2) is 6.44. The van der Waals surface area contributed by atoms with E-state index in [-0.39, 0.29) is 5.82 Å². The van der Waals surface area contributed by atoms with Gasteiger partial charge in [-0.2, -0.15) is 0 Å². The molecule has 2 aromatic rings. The van der Waals surface area contributed by atoms with Crippen molar-refractivity contribution >= 4 is 37.3 Å². The van der Waals surface area contributed by atoms with Gasteiger partial charge in [0.05, 0.1) is 11.9 Å². The third-order valence-corrected chi connectivity index (χ3v) is 4.01. The largest absolute Gasteiger partial charge is 0.381 e. The van der Waals surface area contributed by atoms with Crippen molar-refractivity contribution in [2.45, 2.75) is 6.54 Å². The molecule has 0 bridgehead atoms. The van der Waals surface area contributed by atoms with Crippen LogP contribution in [0.25, 0.3) is 0 Å². The molecule has 0 aliphatic carbocycles. The second-order valence-electron chi connectivity index (χ2n) is 4.54. The zero-order valence-corrected chi connectivity index (χ0v) is 13.6. The minimum atomic E-state index is -3.30. The Morgan fingerprint density at radius 3 is 2.52 bits per heavy atom. The second-order valence-corrected chi connectivity index (χ2v) is 7.15. The molecule has 2 aromatic carbocycles. The van der Waals surface area contributed by atoms with E-state index in [4.69, 9.17) is 0 Å². The zero-order valence-electron chi connectivity index (χ0n) is 11.2. The summed E-state index contributed by atoms with van der Waals surface area (Å²) >= 11 is 3.30. The van der Waals surface area contributed by atoms with Crippen molar-refractivity contribution in [1.29, 1.82) is 0 Å². The van der Waals surface area contributed by atoms with Crippen LogP contribution in [-0.4, -0.2) is 14.7 Å². The van der Waals surface area contributed by atoms with E-state index in [1.54, 1.807) is 24.3 Å². The quantitative estimate of drug-likeness (QED) is 0.843. The smallest absolute Gasteiger partial charge is 0.229 e. The maximum atomic E-state index is 13.0. The van der Waals surface area contributed by atoms with Gasteiger partial charge < -0.3 is 5.32 Å². The van der Waals surface area contributed by atoms with E-state index >= 15 is 0 Å². The number of halogens is 2. The van der Waals surface area contributed by atoms with Gasteiger partial charge in [-0.15, -0.1) is 0 Å². The van der Waals surface area contributed by atoms with E-state index < -0.39 is 10.0 Å². The van der Waals surface area contributed by atoms with Gasteiger partial charge in [-0.05, 0) is 35.9 Å². The lowest BCUT2D eigenvalue weighted by molar-refractivity contribution is 0.607. The third kappa shape index (κ3) is 5.02. The van der Waals surface area contributed by atoms with Gasteiger partial charge in [-0.1, -0.05) is 28.1 Å². The molecule has 0 radical (unpaired) electrons. The molecule has 0 unspecified atom stereocenters. The highest BCUT2D eigenvalue weighted by molar-refractivity contribution is 9.10. The number of anilines is 2. The first-order valence-electron chi connectivity index (χ1n) is 6.09. The van der Waals surface area contributed by atoms with Crippen LogP contribution in [0.15, 0.2) is 46.9 Å². The lowest BCUT2D eigenvalue weighted by atomic mass is 10.2. The topological polar surface area (TPSA) is 58.2 Å². The molecular formula is C14H14BrFN2O2S. The fourth-order valence-corrected chi connectivity index (χ4v) is 2.82. The van der Waals surface area contributed by atoms with Crippen molar-refractivity contribution in [2.24, 2.45) is 0 Å². The fourth-order valence-electron chi connectivity index (χ4n) is 1.77. The number of hydrogen-bond acceptors (Lipinski definition) is 3. The van der Waals surface area contributed by atoms with E-state index in [1.807, 2.05) is 6.07 Å². The van der Waals surface area contributed by atoms with Crippen LogP contribution >= 0.6 is 15.9 Å². The average molecular weight is 373 g/mol. The molecular weight excluding hydrogens is 359 g/mol. The molecule has 0 fully saturated rings. The summed E-state index contributed by atoms with van der Waals surface area (Å²) in [6, 6.07) is 11.4. The average Bonchev–Trinajstić information content (AvgIpc) is 2.36. The van der Waals surface area contributed by atoms with Crippen molar-refractivity contribution in [3.8, 4) is 0 Å². The Bertz CT molecular complexity index is 750. The molecule has 21 heavy (non-hydrogen) atoms. The molecule has 0 aliphatic heterocycles. The van der Waals surface area contributed by atoms with Gasteiger partial charge in [0.15, 0.2) is 0 Å². The van der Waals surface area contributed by atoms with Crippen LogP contribution in [-0.2, 0) is 16.6 Å². The van der Waals surface area contributed by atoms with Gasteiger partial charge in [0.25, 0.3) is 0 Å². The van der Waals surface area contributed by atoms with Gasteiger partial charge in [-0.25, -0.2) is 12.8 Å². The normalized spacial score (nSPS) is 11.2. The summed E-state index contributed by atoms with van der Waals surface area (Å²) in [6.07, 6.45) is 1.10. The summed E-state index contributed by atoms with van der Waals surface area (Å²) in [6.45, 7) is 0.489. The summed E-state index contributed by atoms with van der Waals surface area (Å²) < 4.78 is 38.5. The first-order valence-corrected chi connectivity index (χ1v) is 8.77. The minimum absolute atomic E-state index is 0.301. The molecule has 0 amide bonds. The molecule has 0 atom stereocenters. The molecule has 0 saturated carbocycles. The van der Waals surface area contributed by atoms with Crippen LogP contribution in [0.4, 0.5) is 15.8 Å². The minimum Gasteiger partial charge on any atom is -0.381 e. The summed E-state index contributed by atoms with van der Waals surface area (Å²) in [5, 5.41) is 3.16. The summed E-state index contributed by atoms with van der Waals surface area (Å²) in [5.41, 5.74) is 2.15. The Morgan fingerprint density at radius 2 is 1.86 bits per heavy atom. The maximum Gasteiger partial charge on any atom is 0.229 e. The van der Waals surface area contributed by atoms with E-state index in [0.717, 1.165) is 17.5 Å². The molecule has 0 heterocycles. The highest BCUT2D eigenvalue weighted by atomic mass is 79.9. The number of sulfonamides is 1. The summed E-state index contributed by atoms with van der Waals surface area (Å²) in [7, 11) is -3.30. The van der Waals surface area contributed by atoms with Gasteiger partial charge in [0, 0.05) is 16.7 Å². The van der Waals surface area contributed by atoms with Gasteiger partial charge in [0.1, 0.15) is 5.82 Å². The molecule has 0 saturated heterocycles.